The van der Waals surface area contributed by atoms with Gasteiger partial charge >= 0.3 is 0 Å². The third kappa shape index (κ3) is 6.81. The van der Waals surface area contributed by atoms with E-state index in [4.69, 9.17) is 16.3 Å². The zero-order valence-corrected chi connectivity index (χ0v) is 22.5. The molecule has 1 atom stereocenters. The van der Waals surface area contributed by atoms with E-state index in [0.29, 0.717) is 17.2 Å². The van der Waals surface area contributed by atoms with Crippen molar-refractivity contribution < 1.29 is 22.7 Å². The maximum Gasteiger partial charge on any atom is 0.264 e. The molecule has 196 valence electrons. The molecule has 0 unspecified atom stereocenters. The highest BCUT2D eigenvalue weighted by atomic mass is 35.5. The minimum atomic E-state index is -4.11. The number of rotatable bonds is 11. The van der Waals surface area contributed by atoms with E-state index in [2.05, 4.69) is 5.32 Å². The number of benzene rings is 3. The second-order valence-corrected chi connectivity index (χ2v) is 10.5. The number of nitrogens with zero attached hydrogens (tertiary/aromatic N) is 2. The second-order valence-electron chi connectivity index (χ2n) is 8.21. The predicted molar refractivity (Wildman–Crippen MR) is 144 cm³/mol. The highest BCUT2D eigenvalue weighted by molar-refractivity contribution is 7.92. The van der Waals surface area contributed by atoms with Crippen molar-refractivity contribution in [2.45, 2.75) is 30.8 Å². The average Bonchev–Trinajstić information content (AvgIpc) is 2.92. The molecule has 0 aliphatic carbocycles. The van der Waals surface area contributed by atoms with Gasteiger partial charge in [-0.25, -0.2) is 8.42 Å². The lowest BCUT2D eigenvalue weighted by Crippen LogP contribution is -2.51. The van der Waals surface area contributed by atoms with E-state index < -0.39 is 28.5 Å². The summed E-state index contributed by atoms with van der Waals surface area (Å²) in [5.74, 6) is -0.324. The summed E-state index contributed by atoms with van der Waals surface area (Å²) in [6, 6.07) is 20.4. The molecule has 0 spiro atoms. The number of methoxy groups -OCH3 is 1. The van der Waals surface area contributed by atoms with Crippen LogP contribution in [0.15, 0.2) is 83.8 Å². The van der Waals surface area contributed by atoms with Crippen molar-refractivity contribution in [3.63, 3.8) is 0 Å². The van der Waals surface area contributed by atoms with Crippen LogP contribution in [0.5, 0.6) is 5.75 Å². The van der Waals surface area contributed by atoms with Crippen LogP contribution in [0.1, 0.15) is 18.9 Å². The number of anilines is 1. The first-order chi connectivity index (χ1) is 17.7. The molecule has 0 aromatic heterocycles. The number of amides is 2. The van der Waals surface area contributed by atoms with Gasteiger partial charge in [0.1, 0.15) is 18.3 Å². The molecule has 10 heteroatoms. The van der Waals surface area contributed by atoms with Crippen LogP contribution in [0.25, 0.3) is 0 Å². The largest absolute Gasteiger partial charge is 0.497 e. The third-order valence-electron chi connectivity index (χ3n) is 5.87. The first-order valence-corrected chi connectivity index (χ1v) is 13.5. The molecule has 1 N–H and O–H groups in total. The normalized spacial score (nSPS) is 11.9. The topological polar surface area (TPSA) is 96.0 Å². The van der Waals surface area contributed by atoms with Crippen molar-refractivity contribution in [2.75, 3.05) is 25.0 Å². The number of carbonyl (C=O) groups is 2. The second kappa shape index (κ2) is 12.6. The number of hydrogen-bond donors (Lipinski definition) is 1. The maximum atomic E-state index is 13.8. The standard InChI is InChI=1S/C27H30ClN3O5S/c1-4-25(27(33)29-2)30(18-20-10-12-21(28)13-11-20)26(32)19-31(22-14-16-23(36-3)17-15-22)37(34,35)24-8-6-5-7-9-24/h5-17,25H,4,18-19H2,1-3H3,(H,29,33)/t25-/m0/s1. The van der Waals surface area contributed by atoms with Gasteiger partial charge < -0.3 is 15.0 Å². The predicted octanol–water partition coefficient (Wildman–Crippen LogP) is 4.10. The number of ether oxygens (including phenoxy) is 1. The molecule has 0 saturated heterocycles. The molecule has 2 amide bonds. The van der Waals surface area contributed by atoms with Crippen LogP contribution >= 0.6 is 11.6 Å². The Hall–Kier alpha value is -3.56. The summed E-state index contributed by atoms with van der Waals surface area (Å²) in [7, 11) is -1.10. The number of nitrogens with one attached hydrogen (secondary N) is 1. The molecular weight excluding hydrogens is 514 g/mol. The Bertz CT molecular complexity index is 1300. The molecule has 8 nitrogen and oxygen atoms in total. The van der Waals surface area contributed by atoms with Gasteiger partial charge in [0, 0.05) is 18.6 Å². The summed E-state index contributed by atoms with van der Waals surface area (Å²) in [5.41, 5.74) is 1.04. The van der Waals surface area contributed by atoms with Crippen LogP contribution in [0, 0.1) is 0 Å². The number of halogens is 1. The van der Waals surface area contributed by atoms with Gasteiger partial charge in [-0.2, -0.15) is 0 Å². The fraction of sp³-hybridized carbons (Fsp3) is 0.259. The van der Waals surface area contributed by atoms with Gasteiger partial charge in [-0.15, -0.1) is 0 Å². The van der Waals surface area contributed by atoms with Gasteiger partial charge in [-0.05, 0) is 60.5 Å². The van der Waals surface area contributed by atoms with Crippen LogP contribution in [-0.2, 0) is 26.2 Å². The van der Waals surface area contributed by atoms with E-state index in [9.17, 15) is 18.0 Å². The van der Waals surface area contributed by atoms with E-state index >= 15 is 0 Å². The zero-order valence-electron chi connectivity index (χ0n) is 20.9. The molecule has 3 aromatic carbocycles. The van der Waals surface area contributed by atoms with Crippen LogP contribution in [-0.4, -0.2) is 51.9 Å². The van der Waals surface area contributed by atoms with Crippen LogP contribution in [0.4, 0.5) is 5.69 Å². The summed E-state index contributed by atoms with van der Waals surface area (Å²) >= 11 is 6.01. The van der Waals surface area contributed by atoms with Crippen LogP contribution in [0.3, 0.4) is 0 Å². The van der Waals surface area contributed by atoms with Crippen molar-refractivity contribution >= 4 is 39.1 Å². The number of sulfonamides is 1. The molecule has 3 aromatic rings. The lowest BCUT2D eigenvalue weighted by molar-refractivity contribution is -0.140. The quantitative estimate of drug-likeness (QED) is 0.393. The lowest BCUT2D eigenvalue weighted by Gasteiger charge is -2.33. The minimum Gasteiger partial charge on any atom is -0.497 e. The van der Waals surface area contributed by atoms with Gasteiger partial charge in [0.05, 0.1) is 17.7 Å². The Kier molecular flexibility index (Phi) is 9.54. The van der Waals surface area contributed by atoms with Crippen molar-refractivity contribution in [3.8, 4) is 5.75 Å². The Morgan fingerprint density at radius 3 is 2.14 bits per heavy atom. The van der Waals surface area contributed by atoms with Gasteiger partial charge in [-0.3, -0.25) is 13.9 Å². The molecule has 37 heavy (non-hydrogen) atoms. The van der Waals surface area contributed by atoms with E-state index in [1.807, 2.05) is 0 Å². The summed E-state index contributed by atoms with van der Waals surface area (Å²) in [6.07, 6.45) is 0.340. The first-order valence-electron chi connectivity index (χ1n) is 11.7. The van der Waals surface area contributed by atoms with Crippen molar-refractivity contribution in [1.82, 2.24) is 10.2 Å². The Morgan fingerprint density at radius 1 is 0.973 bits per heavy atom. The third-order valence-corrected chi connectivity index (χ3v) is 7.91. The van der Waals surface area contributed by atoms with Gasteiger partial charge in [0.15, 0.2) is 0 Å². The first kappa shape index (κ1) is 28.0. The number of hydrogen-bond acceptors (Lipinski definition) is 5. The van der Waals surface area contributed by atoms with E-state index in [-0.39, 0.29) is 23.0 Å². The molecule has 0 fully saturated rings. The zero-order chi connectivity index (χ0) is 27.0. The molecule has 0 radical (unpaired) electrons. The molecule has 0 aliphatic heterocycles. The Morgan fingerprint density at radius 2 is 1.59 bits per heavy atom. The Labute approximate surface area is 222 Å². The summed E-state index contributed by atoms with van der Waals surface area (Å²) in [5, 5.41) is 3.14. The van der Waals surface area contributed by atoms with Crippen LogP contribution < -0.4 is 14.4 Å². The highest BCUT2D eigenvalue weighted by Crippen LogP contribution is 2.26. The molecule has 0 saturated carbocycles. The number of carbonyl (C=O) groups excluding carboxylic acids is 2. The fourth-order valence-electron chi connectivity index (χ4n) is 3.87. The minimum absolute atomic E-state index is 0.0428. The molecule has 0 aliphatic rings. The lowest BCUT2D eigenvalue weighted by atomic mass is 10.1. The van der Waals surface area contributed by atoms with Crippen LogP contribution in [0.2, 0.25) is 5.02 Å². The highest BCUT2D eigenvalue weighted by Gasteiger charge is 2.33. The van der Waals surface area contributed by atoms with E-state index in [1.54, 1.807) is 73.7 Å². The van der Waals surface area contributed by atoms with Gasteiger partial charge in [0.25, 0.3) is 10.0 Å². The SMILES string of the molecule is CC[C@@H](C(=O)NC)N(Cc1ccc(Cl)cc1)C(=O)CN(c1ccc(OC)cc1)S(=O)(=O)c1ccccc1. The average molecular weight is 544 g/mol. The van der Waals surface area contributed by atoms with E-state index in [1.165, 1.54) is 31.2 Å². The maximum absolute atomic E-state index is 13.8. The van der Waals surface area contributed by atoms with Gasteiger partial charge in [-0.1, -0.05) is 48.9 Å². The monoisotopic (exact) mass is 543 g/mol. The molecular formula is C27H30ClN3O5S. The number of likely N-dealkylation sites (N-methyl/N-ethyl adjacent to an activating group) is 1. The Balaban J connectivity index is 2.04. The molecule has 3 rings (SSSR count). The smallest absolute Gasteiger partial charge is 0.264 e. The van der Waals surface area contributed by atoms with Gasteiger partial charge in [0.2, 0.25) is 11.8 Å². The summed E-state index contributed by atoms with van der Waals surface area (Å²) in [6.45, 7) is 1.39. The van der Waals surface area contributed by atoms with Crippen molar-refractivity contribution in [2.24, 2.45) is 0 Å². The summed E-state index contributed by atoms with van der Waals surface area (Å²) < 4.78 is 33.7. The van der Waals surface area contributed by atoms with Crippen molar-refractivity contribution in [1.29, 1.82) is 0 Å². The summed E-state index contributed by atoms with van der Waals surface area (Å²) in [4.78, 5) is 28.0. The molecule has 0 heterocycles. The van der Waals surface area contributed by atoms with Crippen molar-refractivity contribution in [3.05, 3.63) is 89.4 Å². The van der Waals surface area contributed by atoms with E-state index in [0.717, 1.165) is 9.87 Å². The molecule has 0 bridgehead atoms. The fourth-order valence-corrected chi connectivity index (χ4v) is 5.43.